The van der Waals surface area contributed by atoms with E-state index < -0.39 is 33.7 Å². The molecule has 168 valence electrons. The molecule has 2 rings (SSSR count). The van der Waals surface area contributed by atoms with Crippen LogP contribution in [0.2, 0.25) is 5.02 Å². The maximum atomic E-state index is 13.5. The Morgan fingerprint density at radius 1 is 1.27 bits per heavy atom. The van der Waals surface area contributed by atoms with Crippen LogP contribution in [0.3, 0.4) is 0 Å². The number of rotatable bonds is 6. The van der Waals surface area contributed by atoms with E-state index in [1.54, 1.807) is 27.7 Å². The van der Waals surface area contributed by atoms with Crippen LogP contribution in [-0.2, 0) is 14.8 Å². The first kappa shape index (κ1) is 24.4. The second-order valence-corrected chi connectivity index (χ2v) is 10.8. The van der Waals surface area contributed by atoms with E-state index in [0.717, 1.165) is 10.7 Å². The van der Waals surface area contributed by atoms with E-state index in [1.807, 2.05) is 0 Å². The number of benzene rings is 1. The Hall–Kier alpha value is -1.84. The first-order valence-corrected chi connectivity index (χ1v) is 11.7. The molecule has 0 radical (unpaired) electrons. The number of sulfonamides is 1. The smallest absolute Gasteiger partial charge is 0.408 e. The lowest BCUT2D eigenvalue weighted by Gasteiger charge is -2.41. The molecule has 2 amide bonds. The van der Waals surface area contributed by atoms with Gasteiger partial charge in [-0.25, -0.2) is 13.2 Å². The van der Waals surface area contributed by atoms with E-state index in [2.05, 4.69) is 5.32 Å². The summed E-state index contributed by atoms with van der Waals surface area (Å²) < 4.78 is 28.2. The van der Waals surface area contributed by atoms with E-state index >= 15 is 0 Å². The number of carbonyl (C=O) groups excluding carboxylic acids is 1. The van der Waals surface area contributed by atoms with E-state index in [1.165, 1.54) is 29.2 Å². The molecule has 0 unspecified atom stereocenters. The molecule has 2 N–H and O–H groups in total. The molecule has 0 spiro atoms. The number of nitrogens with zero attached hydrogens (tertiary/aromatic N) is 2. The van der Waals surface area contributed by atoms with Crippen LogP contribution in [0.4, 0.5) is 4.79 Å². The summed E-state index contributed by atoms with van der Waals surface area (Å²) in [5.74, 6) is -0.366. The van der Waals surface area contributed by atoms with Gasteiger partial charge in [0.2, 0.25) is 15.9 Å². The lowest BCUT2D eigenvalue weighted by molar-refractivity contribution is -0.124. The molecule has 1 saturated heterocycles. The van der Waals surface area contributed by atoms with Gasteiger partial charge < -0.3 is 10.4 Å². The highest BCUT2D eigenvalue weighted by Gasteiger charge is 2.40. The molecule has 0 aliphatic carbocycles. The van der Waals surface area contributed by atoms with Crippen molar-refractivity contribution in [2.45, 2.75) is 69.5 Å². The second-order valence-electron chi connectivity index (χ2n) is 8.50. The molecular weight excluding hydrogens is 430 g/mol. The van der Waals surface area contributed by atoms with Crippen molar-refractivity contribution < 1.29 is 23.1 Å². The van der Waals surface area contributed by atoms with E-state index in [-0.39, 0.29) is 17.3 Å². The van der Waals surface area contributed by atoms with Crippen LogP contribution in [0, 0.1) is 0 Å². The number of amides is 2. The zero-order valence-corrected chi connectivity index (χ0v) is 19.3. The van der Waals surface area contributed by atoms with Gasteiger partial charge in [-0.15, -0.1) is 0 Å². The van der Waals surface area contributed by atoms with Crippen molar-refractivity contribution in [3.05, 3.63) is 29.3 Å². The average molecular weight is 460 g/mol. The van der Waals surface area contributed by atoms with Gasteiger partial charge in [0.05, 0.1) is 4.90 Å². The molecule has 1 fully saturated rings. The van der Waals surface area contributed by atoms with Gasteiger partial charge in [-0.3, -0.25) is 9.69 Å². The Morgan fingerprint density at radius 2 is 1.87 bits per heavy atom. The minimum atomic E-state index is -4.07. The van der Waals surface area contributed by atoms with E-state index in [9.17, 15) is 23.1 Å². The standard InChI is InChI=1S/C20H30ClN3O5S/c1-14(24(19(26)27)20(2,3)4)13-23(17-7-5-6-12-22-18(17)25)30(28,29)16-10-8-15(21)9-11-16/h8-11,14,17H,5-7,12-13H2,1-4H3,(H,22,25)(H,26,27)/t14-,17+/m0/s1. The summed E-state index contributed by atoms with van der Waals surface area (Å²) in [5, 5.41) is 12.9. The number of carboxylic acid groups (broad SMARTS) is 1. The SMILES string of the molecule is C[C@@H](CN([C@@H]1CCCCNC1=O)S(=O)(=O)c1ccc(Cl)cc1)N(C(=O)O)C(C)(C)C. The molecule has 0 saturated carbocycles. The molecular formula is C20H30ClN3O5S. The van der Waals surface area contributed by atoms with Crippen molar-refractivity contribution >= 4 is 33.6 Å². The first-order chi connectivity index (χ1) is 13.9. The lowest BCUT2D eigenvalue weighted by Crippen LogP contribution is -2.57. The molecule has 8 nitrogen and oxygen atoms in total. The fourth-order valence-electron chi connectivity index (χ4n) is 3.81. The minimum Gasteiger partial charge on any atom is -0.465 e. The van der Waals surface area contributed by atoms with Crippen LogP contribution in [0.5, 0.6) is 0 Å². The number of halogens is 1. The molecule has 1 aromatic carbocycles. The second kappa shape index (κ2) is 9.53. The van der Waals surface area contributed by atoms with Gasteiger partial charge in [0.15, 0.2) is 0 Å². The summed E-state index contributed by atoms with van der Waals surface area (Å²) in [7, 11) is -4.07. The Labute approximate surface area is 183 Å². The molecule has 30 heavy (non-hydrogen) atoms. The molecule has 2 atom stereocenters. The Kier molecular flexibility index (Phi) is 7.76. The topological polar surface area (TPSA) is 107 Å². The Balaban J connectivity index is 2.49. The molecule has 1 heterocycles. The Morgan fingerprint density at radius 3 is 2.40 bits per heavy atom. The third-order valence-corrected chi connectivity index (χ3v) is 7.23. The molecule has 1 aliphatic rings. The highest BCUT2D eigenvalue weighted by Crippen LogP contribution is 2.26. The quantitative estimate of drug-likeness (QED) is 0.679. The van der Waals surface area contributed by atoms with Gasteiger partial charge in [-0.2, -0.15) is 4.31 Å². The highest BCUT2D eigenvalue weighted by molar-refractivity contribution is 7.89. The summed E-state index contributed by atoms with van der Waals surface area (Å²) in [5.41, 5.74) is -0.743. The zero-order valence-electron chi connectivity index (χ0n) is 17.8. The zero-order chi connectivity index (χ0) is 22.7. The summed E-state index contributed by atoms with van der Waals surface area (Å²) in [6.45, 7) is 7.23. The van der Waals surface area contributed by atoms with E-state index in [4.69, 9.17) is 11.6 Å². The monoisotopic (exact) mass is 459 g/mol. The third-order valence-electron chi connectivity index (χ3n) is 5.09. The van der Waals surface area contributed by atoms with Gasteiger partial charge in [-0.05, 0) is 71.2 Å². The average Bonchev–Trinajstić information content (AvgIpc) is 2.82. The summed E-state index contributed by atoms with van der Waals surface area (Å²) in [6.07, 6.45) is 0.667. The lowest BCUT2D eigenvalue weighted by atomic mass is 10.0. The fraction of sp³-hybridized carbons (Fsp3) is 0.600. The van der Waals surface area contributed by atoms with Crippen molar-refractivity contribution in [3.63, 3.8) is 0 Å². The van der Waals surface area contributed by atoms with Gasteiger partial charge in [0.25, 0.3) is 0 Å². The normalized spacial score (nSPS) is 19.1. The number of carbonyl (C=O) groups is 2. The molecule has 1 aliphatic heterocycles. The third kappa shape index (κ3) is 5.65. The number of hydrogen-bond acceptors (Lipinski definition) is 4. The van der Waals surface area contributed by atoms with Crippen LogP contribution in [-0.4, -0.2) is 65.4 Å². The van der Waals surface area contributed by atoms with Crippen molar-refractivity contribution in [2.24, 2.45) is 0 Å². The molecule has 10 heteroatoms. The number of nitrogens with one attached hydrogen (secondary N) is 1. The van der Waals surface area contributed by atoms with Crippen LogP contribution in [0.15, 0.2) is 29.2 Å². The van der Waals surface area contributed by atoms with Crippen LogP contribution in [0.25, 0.3) is 0 Å². The fourth-order valence-corrected chi connectivity index (χ4v) is 5.64. The van der Waals surface area contributed by atoms with Crippen LogP contribution in [0.1, 0.15) is 47.0 Å². The van der Waals surface area contributed by atoms with E-state index in [0.29, 0.717) is 24.4 Å². The van der Waals surface area contributed by atoms with Crippen LogP contribution >= 0.6 is 11.6 Å². The van der Waals surface area contributed by atoms with Gasteiger partial charge in [0.1, 0.15) is 6.04 Å². The van der Waals surface area contributed by atoms with Gasteiger partial charge in [0, 0.05) is 29.7 Å². The number of hydrogen-bond donors (Lipinski definition) is 2. The predicted molar refractivity (Wildman–Crippen MR) is 115 cm³/mol. The van der Waals surface area contributed by atoms with Crippen molar-refractivity contribution in [1.29, 1.82) is 0 Å². The minimum absolute atomic E-state index is 0.00813. The summed E-state index contributed by atoms with van der Waals surface area (Å²) >= 11 is 5.90. The molecule has 1 aromatic rings. The van der Waals surface area contributed by atoms with Crippen molar-refractivity contribution in [3.8, 4) is 0 Å². The highest BCUT2D eigenvalue weighted by atomic mass is 35.5. The summed E-state index contributed by atoms with van der Waals surface area (Å²) in [4.78, 5) is 25.8. The van der Waals surface area contributed by atoms with Crippen molar-refractivity contribution in [1.82, 2.24) is 14.5 Å². The predicted octanol–water partition coefficient (Wildman–Crippen LogP) is 3.17. The first-order valence-electron chi connectivity index (χ1n) is 9.93. The van der Waals surface area contributed by atoms with Crippen molar-refractivity contribution in [2.75, 3.05) is 13.1 Å². The molecule has 0 bridgehead atoms. The van der Waals surface area contributed by atoms with Gasteiger partial charge in [-0.1, -0.05) is 11.6 Å². The maximum Gasteiger partial charge on any atom is 0.408 e. The van der Waals surface area contributed by atoms with Gasteiger partial charge >= 0.3 is 6.09 Å². The van der Waals surface area contributed by atoms with Crippen LogP contribution < -0.4 is 5.32 Å². The maximum absolute atomic E-state index is 13.5. The largest absolute Gasteiger partial charge is 0.465 e. The molecule has 0 aromatic heterocycles. The Bertz CT molecular complexity index is 867. The summed E-state index contributed by atoms with van der Waals surface area (Å²) in [6, 6.07) is 4.14.